The van der Waals surface area contributed by atoms with Crippen LogP contribution in [0.3, 0.4) is 0 Å². The number of thiophene rings is 1. The van der Waals surface area contributed by atoms with E-state index in [0.29, 0.717) is 28.5 Å². The van der Waals surface area contributed by atoms with E-state index in [1.54, 1.807) is 11.6 Å². The summed E-state index contributed by atoms with van der Waals surface area (Å²) in [6, 6.07) is 1.36. The lowest BCUT2D eigenvalue weighted by Gasteiger charge is -2.13. The normalized spacial score (nSPS) is 18.2. The SMILES string of the molecule is C[C@H](CO)Nc1nc(Nc2csc(S(=O)(=O)NCC3CCCO3)c2)ncc1Br. The van der Waals surface area contributed by atoms with Crippen LogP contribution in [0.4, 0.5) is 17.5 Å². The fourth-order valence-electron chi connectivity index (χ4n) is 2.54. The molecule has 12 heteroatoms. The van der Waals surface area contributed by atoms with Gasteiger partial charge in [0.1, 0.15) is 10.0 Å². The summed E-state index contributed by atoms with van der Waals surface area (Å²) in [6.07, 6.45) is 3.34. The number of aromatic nitrogens is 2. The number of aliphatic hydroxyl groups excluding tert-OH is 1. The Hall–Kier alpha value is -1.31. The molecule has 9 nitrogen and oxygen atoms in total. The largest absolute Gasteiger partial charge is 0.394 e. The van der Waals surface area contributed by atoms with Crippen LogP contribution in [-0.4, -0.2) is 55.4 Å². The maximum atomic E-state index is 12.5. The fraction of sp³-hybridized carbons (Fsp3) is 0.500. The van der Waals surface area contributed by atoms with Gasteiger partial charge in [-0.25, -0.2) is 18.1 Å². The molecule has 0 bridgehead atoms. The van der Waals surface area contributed by atoms with Crippen molar-refractivity contribution in [2.75, 3.05) is 30.4 Å². The molecule has 0 amide bonds. The molecule has 2 atom stereocenters. The van der Waals surface area contributed by atoms with E-state index in [4.69, 9.17) is 4.74 Å². The van der Waals surface area contributed by atoms with Crippen LogP contribution in [0.25, 0.3) is 0 Å². The van der Waals surface area contributed by atoms with Crippen LogP contribution in [-0.2, 0) is 14.8 Å². The van der Waals surface area contributed by atoms with Crippen LogP contribution < -0.4 is 15.4 Å². The average molecular weight is 492 g/mol. The Morgan fingerprint density at radius 3 is 3.04 bits per heavy atom. The summed E-state index contributed by atoms with van der Waals surface area (Å²) in [7, 11) is -3.59. The van der Waals surface area contributed by atoms with E-state index in [2.05, 4.69) is 41.3 Å². The first-order valence-electron chi connectivity index (χ1n) is 8.74. The lowest BCUT2D eigenvalue weighted by atomic mass is 10.2. The van der Waals surface area contributed by atoms with Crippen molar-refractivity contribution in [3.63, 3.8) is 0 Å². The molecule has 28 heavy (non-hydrogen) atoms. The summed E-state index contributed by atoms with van der Waals surface area (Å²) < 4.78 is 33.8. The van der Waals surface area contributed by atoms with E-state index in [1.807, 2.05) is 6.92 Å². The minimum Gasteiger partial charge on any atom is -0.394 e. The molecule has 0 spiro atoms. The standard InChI is InChI=1S/C16H22BrN5O4S2/c1-10(8-23)20-15-13(17)7-18-16(22-15)21-11-5-14(27-9-11)28(24,25)19-6-12-3-2-4-26-12/h5,7,9-10,12,19,23H,2-4,6,8H2,1H3,(H2,18,20,21,22)/t10-,12?/m1/s1. The highest BCUT2D eigenvalue weighted by Crippen LogP contribution is 2.27. The molecule has 1 aliphatic heterocycles. The van der Waals surface area contributed by atoms with Gasteiger partial charge in [-0.3, -0.25) is 0 Å². The van der Waals surface area contributed by atoms with Crippen LogP contribution in [0.2, 0.25) is 0 Å². The van der Waals surface area contributed by atoms with Crippen LogP contribution in [0.1, 0.15) is 19.8 Å². The van der Waals surface area contributed by atoms with Crippen LogP contribution >= 0.6 is 27.3 Å². The summed E-state index contributed by atoms with van der Waals surface area (Å²) in [5.41, 5.74) is 0.575. The number of nitrogens with one attached hydrogen (secondary N) is 3. The van der Waals surface area contributed by atoms with E-state index in [-0.39, 0.29) is 29.5 Å². The number of halogens is 1. The molecule has 0 aliphatic carbocycles. The highest BCUT2D eigenvalue weighted by molar-refractivity contribution is 9.10. The highest BCUT2D eigenvalue weighted by Gasteiger charge is 2.21. The van der Waals surface area contributed by atoms with Gasteiger partial charge in [-0.2, -0.15) is 4.98 Å². The number of anilines is 3. The minimum atomic E-state index is -3.59. The van der Waals surface area contributed by atoms with Gasteiger partial charge in [-0.15, -0.1) is 11.3 Å². The third-order valence-corrected chi connectivity index (χ3v) is 7.47. The van der Waals surface area contributed by atoms with E-state index in [1.165, 1.54) is 6.07 Å². The Labute approximate surface area is 176 Å². The molecule has 0 saturated carbocycles. The molecule has 3 heterocycles. The summed E-state index contributed by atoms with van der Waals surface area (Å²) in [6.45, 7) is 2.74. The molecule has 154 valence electrons. The van der Waals surface area contributed by atoms with Crippen molar-refractivity contribution in [3.05, 3.63) is 22.1 Å². The number of sulfonamides is 1. The van der Waals surface area contributed by atoms with Crippen LogP contribution in [0.15, 0.2) is 26.3 Å². The smallest absolute Gasteiger partial charge is 0.250 e. The number of hydrogen-bond donors (Lipinski definition) is 4. The minimum absolute atomic E-state index is 0.0378. The first-order valence-corrected chi connectivity index (χ1v) is 11.9. The average Bonchev–Trinajstić information content (AvgIpc) is 3.35. The van der Waals surface area contributed by atoms with Crippen LogP contribution in [0, 0.1) is 0 Å². The second-order valence-electron chi connectivity index (χ2n) is 6.38. The van der Waals surface area contributed by atoms with Crippen molar-refractivity contribution >= 4 is 54.7 Å². The zero-order valence-corrected chi connectivity index (χ0v) is 18.4. The van der Waals surface area contributed by atoms with Gasteiger partial charge < -0.3 is 20.5 Å². The number of rotatable bonds is 9. The third kappa shape index (κ3) is 5.61. The van der Waals surface area contributed by atoms with Crippen molar-refractivity contribution in [2.24, 2.45) is 0 Å². The molecule has 4 N–H and O–H groups in total. The first-order chi connectivity index (χ1) is 13.4. The predicted molar refractivity (Wildman–Crippen MR) is 112 cm³/mol. The number of hydrogen-bond acceptors (Lipinski definition) is 9. The topological polar surface area (TPSA) is 125 Å². The van der Waals surface area contributed by atoms with E-state index in [0.717, 1.165) is 24.2 Å². The number of ether oxygens (including phenoxy) is 1. The summed E-state index contributed by atoms with van der Waals surface area (Å²) in [5.74, 6) is 0.838. The van der Waals surface area contributed by atoms with Gasteiger partial charge >= 0.3 is 0 Å². The van der Waals surface area contributed by atoms with Crippen molar-refractivity contribution in [1.82, 2.24) is 14.7 Å². The van der Waals surface area contributed by atoms with E-state index in [9.17, 15) is 13.5 Å². The number of nitrogens with zero attached hydrogens (tertiary/aromatic N) is 2. The van der Waals surface area contributed by atoms with E-state index >= 15 is 0 Å². The molecule has 3 rings (SSSR count). The Morgan fingerprint density at radius 2 is 2.32 bits per heavy atom. The monoisotopic (exact) mass is 491 g/mol. The zero-order chi connectivity index (χ0) is 20.1. The summed E-state index contributed by atoms with van der Waals surface area (Å²) >= 11 is 4.47. The molecular weight excluding hydrogens is 470 g/mol. The summed E-state index contributed by atoms with van der Waals surface area (Å²) in [4.78, 5) is 8.53. The molecule has 0 aromatic carbocycles. The second kappa shape index (κ2) is 9.46. The Kier molecular flexibility index (Phi) is 7.23. The quantitative estimate of drug-likeness (QED) is 0.420. The Balaban J connectivity index is 1.66. The van der Waals surface area contributed by atoms with Gasteiger partial charge in [0.15, 0.2) is 0 Å². The van der Waals surface area contributed by atoms with Gasteiger partial charge in [0, 0.05) is 30.8 Å². The molecular formula is C16H22BrN5O4S2. The molecule has 2 aromatic rings. The van der Waals surface area contributed by atoms with Crippen LogP contribution in [0.5, 0.6) is 0 Å². The lowest BCUT2D eigenvalue weighted by molar-refractivity contribution is 0.114. The highest BCUT2D eigenvalue weighted by atomic mass is 79.9. The second-order valence-corrected chi connectivity index (χ2v) is 10.1. The molecule has 1 saturated heterocycles. The van der Waals surface area contributed by atoms with Crippen molar-refractivity contribution in [1.29, 1.82) is 0 Å². The first kappa shape index (κ1) is 21.4. The predicted octanol–water partition coefficient (Wildman–Crippen LogP) is 2.29. The molecule has 1 aliphatic rings. The van der Waals surface area contributed by atoms with Crippen molar-refractivity contribution < 1.29 is 18.3 Å². The van der Waals surface area contributed by atoms with Crippen molar-refractivity contribution in [3.8, 4) is 0 Å². The van der Waals surface area contributed by atoms with Crippen molar-refractivity contribution in [2.45, 2.75) is 36.1 Å². The Morgan fingerprint density at radius 1 is 1.50 bits per heavy atom. The fourth-order valence-corrected chi connectivity index (χ4v) is 5.07. The Bertz CT molecular complexity index is 902. The zero-order valence-electron chi connectivity index (χ0n) is 15.2. The van der Waals surface area contributed by atoms with Gasteiger partial charge in [-0.05, 0) is 41.8 Å². The lowest BCUT2D eigenvalue weighted by Crippen LogP contribution is -2.31. The van der Waals surface area contributed by atoms with Gasteiger partial charge in [0.25, 0.3) is 0 Å². The number of aliphatic hydroxyl groups is 1. The third-order valence-electron chi connectivity index (χ3n) is 4.02. The van der Waals surface area contributed by atoms with E-state index < -0.39 is 10.0 Å². The maximum absolute atomic E-state index is 12.5. The maximum Gasteiger partial charge on any atom is 0.250 e. The van der Waals surface area contributed by atoms with Gasteiger partial charge in [0.2, 0.25) is 16.0 Å². The summed E-state index contributed by atoms with van der Waals surface area (Å²) in [5, 5.41) is 16.9. The molecule has 0 radical (unpaired) electrons. The van der Waals surface area contributed by atoms with Gasteiger partial charge in [0.05, 0.1) is 22.9 Å². The molecule has 1 fully saturated rings. The molecule has 2 aromatic heterocycles. The van der Waals surface area contributed by atoms with Gasteiger partial charge in [-0.1, -0.05) is 0 Å². The molecule has 1 unspecified atom stereocenters.